The molecule has 3 aromatic heterocycles. The van der Waals surface area contributed by atoms with Crippen molar-refractivity contribution in [3.63, 3.8) is 0 Å². The van der Waals surface area contributed by atoms with E-state index in [0.717, 1.165) is 65.6 Å². The quantitative estimate of drug-likeness (QED) is 0.171. The first-order valence-corrected chi connectivity index (χ1v) is 19.5. The number of hydrogen-bond donors (Lipinski definition) is 0. The van der Waals surface area contributed by atoms with Gasteiger partial charge in [-0.05, 0) is 69.8 Å². The van der Waals surface area contributed by atoms with Crippen molar-refractivity contribution in [3.05, 3.63) is 188 Å². The Morgan fingerprint density at radius 1 is 0.339 bits per heavy atom. The number of aromatic nitrogens is 3. The fraction of sp³-hybridized carbons (Fsp3) is 0. The first-order valence-electron chi connectivity index (χ1n) is 18.7. The fourth-order valence-corrected chi connectivity index (χ4v) is 9.00. The fourth-order valence-electron chi connectivity index (χ4n) is 7.80. The Labute approximate surface area is 327 Å². The molecule has 0 fully saturated rings. The third-order valence-corrected chi connectivity index (χ3v) is 11.8. The van der Waals surface area contributed by atoms with Gasteiger partial charge in [-0.1, -0.05) is 152 Å². The molecule has 0 unspecified atom stereocenters. The van der Waals surface area contributed by atoms with Gasteiger partial charge < -0.3 is 4.42 Å². The highest BCUT2D eigenvalue weighted by molar-refractivity contribution is 7.26. The van der Waals surface area contributed by atoms with Crippen molar-refractivity contribution in [1.82, 2.24) is 15.0 Å². The second-order valence-corrected chi connectivity index (χ2v) is 15.0. The number of furan rings is 1. The molecule has 0 saturated carbocycles. The number of para-hydroxylation sites is 1. The molecule has 11 rings (SSSR count). The van der Waals surface area contributed by atoms with Crippen molar-refractivity contribution in [2.75, 3.05) is 0 Å². The highest BCUT2D eigenvalue weighted by Crippen LogP contribution is 2.44. The molecule has 0 amide bonds. The second-order valence-electron chi connectivity index (χ2n) is 14.0. The molecule has 56 heavy (non-hydrogen) atoms. The van der Waals surface area contributed by atoms with Crippen LogP contribution in [0.5, 0.6) is 0 Å². The molecule has 3 heterocycles. The molecule has 0 aliphatic heterocycles. The summed E-state index contributed by atoms with van der Waals surface area (Å²) < 4.78 is 8.90. The Morgan fingerprint density at radius 2 is 0.911 bits per heavy atom. The van der Waals surface area contributed by atoms with Gasteiger partial charge in [0.1, 0.15) is 11.2 Å². The van der Waals surface area contributed by atoms with E-state index in [9.17, 15) is 0 Å². The van der Waals surface area contributed by atoms with Gasteiger partial charge in [0.2, 0.25) is 0 Å². The summed E-state index contributed by atoms with van der Waals surface area (Å²) in [6, 6.07) is 65.8. The standard InChI is InChI=1S/C51H31N3OS/c1-4-13-32(14-5-1)33-23-25-34(26-24-33)42-30-38(31-45-47(42)40-19-10-11-22-44(40)55-45)37-27-28-46-43(29-37)39-20-12-21-41(48(39)56-46)51-53-49(35-15-6-2-7-16-35)52-50(54-51)36-17-8-3-9-18-36/h1-31H. The summed E-state index contributed by atoms with van der Waals surface area (Å²) in [6.07, 6.45) is 0. The van der Waals surface area contributed by atoms with Crippen molar-refractivity contribution >= 4 is 53.4 Å². The monoisotopic (exact) mass is 733 g/mol. The Hall–Kier alpha value is -7.21. The van der Waals surface area contributed by atoms with E-state index in [2.05, 4.69) is 121 Å². The first kappa shape index (κ1) is 32.2. The molecule has 5 heteroatoms. The van der Waals surface area contributed by atoms with Crippen LogP contribution in [-0.4, -0.2) is 15.0 Å². The molecular weight excluding hydrogens is 703 g/mol. The molecule has 0 aliphatic carbocycles. The third kappa shape index (κ3) is 5.56. The molecule has 8 aromatic carbocycles. The van der Waals surface area contributed by atoms with Crippen LogP contribution in [-0.2, 0) is 0 Å². The number of thiophene rings is 1. The lowest BCUT2D eigenvalue weighted by Crippen LogP contribution is -2.00. The van der Waals surface area contributed by atoms with Gasteiger partial charge in [-0.15, -0.1) is 11.3 Å². The predicted octanol–water partition coefficient (Wildman–Crippen LogP) is 14.1. The largest absolute Gasteiger partial charge is 0.456 e. The van der Waals surface area contributed by atoms with Gasteiger partial charge in [0.25, 0.3) is 0 Å². The SMILES string of the molecule is c1ccc(-c2ccc(-c3cc(-c4ccc5sc6c(-c7nc(-c8ccccc8)nc(-c8ccccc8)n7)cccc6c5c4)cc4oc5ccccc5c34)cc2)cc1. The summed E-state index contributed by atoms with van der Waals surface area (Å²) in [6.45, 7) is 0. The highest BCUT2D eigenvalue weighted by Gasteiger charge is 2.19. The van der Waals surface area contributed by atoms with E-state index in [1.54, 1.807) is 11.3 Å². The van der Waals surface area contributed by atoms with Crippen LogP contribution in [0.25, 0.3) is 110 Å². The minimum atomic E-state index is 0.654. The van der Waals surface area contributed by atoms with Crippen molar-refractivity contribution in [2.45, 2.75) is 0 Å². The van der Waals surface area contributed by atoms with Crippen LogP contribution >= 0.6 is 11.3 Å². The van der Waals surface area contributed by atoms with Crippen LogP contribution in [0.3, 0.4) is 0 Å². The van der Waals surface area contributed by atoms with Crippen LogP contribution in [0.1, 0.15) is 0 Å². The minimum absolute atomic E-state index is 0.654. The van der Waals surface area contributed by atoms with Gasteiger partial charge in [0.05, 0.1) is 0 Å². The number of fused-ring (bicyclic) bond motifs is 6. The summed E-state index contributed by atoms with van der Waals surface area (Å²) in [7, 11) is 0. The molecule has 0 bridgehead atoms. The summed E-state index contributed by atoms with van der Waals surface area (Å²) in [5.41, 5.74) is 11.6. The zero-order valence-corrected chi connectivity index (χ0v) is 30.9. The van der Waals surface area contributed by atoms with Crippen LogP contribution in [0, 0.1) is 0 Å². The van der Waals surface area contributed by atoms with Crippen LogP contribution in [0.4, 0.5) is 0 Å². The molecule has 11 aromatic rings. The van der Waals surface area contributed by atoms with Gasteiger partial charge in [-0.2, -0.15) is 0 Å². The summed E-state index contributed by atoms with van der Waals surface area (Å²) >= 11 is 1.78. The van der Waals surface area contributed by atoms with Gasteiger partial charge in [-0.25, -0.2) is 15.0 Å². The van der Waals surface area contributed by atoms with Gasteiger partial charge in [0.15, 0.2) is 17.5 Å². The van der Waals surface area contributed by atoms with Gasteiger partial charge >= 0.3 is 0 Å². The number of benzene rings is 8. The Morgan fingerprint density at radius 3 is 1.62 bits per heavy atom. The van der Waals surface area contributed by atoms with E-state index in [-0.39, 0.29) is 0 Å². The number of nitrogens with zero attached hydrogens (tertiary/aromatic N) is 3. The maximum absolute atomic E-state index is 6.54. The average Bonchev–Trinajstić information content (AvgIpc) is 3.85. The molecule has 262 valence electrons. The van der Waals surface area contributed by atoms with E-state index < -0.39 is 0 Å². The molecule has 0 radical (unpaired) electrons. The summed E-state index contributed by atoms with van der Waals surface area (Å²) in [4.78, 5) is 15.1. The molecule has 0 atom stereocenters. The van der Waals surface area contributed by atoms with Crippen molar-refractivity contribution in [2.24, 2.45) is 0 Å². The normalized spacial score (nSPS) is 11.6. The highest BCUT2D eigenvalue weighted by atomic mass is 32.1. The summed E-state index contributed by atoms with van der Waals surface area (Å²) in [5, 5.41) is 4.62. The Balaban J connectivity index is 1.06. The van der Waals surface area contributed by atoms with Crippen LogP contribution in [0.2, 0.25) is 0 Å². The van der Waals surface area contributed by atoms with E-state index in [1.165, 1.54) is 26.6 Å². The lowest BCUT2D eigenvalue weighted by atomic mass is 9.93. The zero-order chi connectivity index (χ0) is 37.0. The van der Waals surface area contributed by atoms with Gasteiger partial charge in [0, 0.05) is 47.6 Å². The van der Waals surface area contributed by atoms with Gasteiger partial charge in [-0.3, -0.25) is 0 Å². The minimum Gasteiger partial charge on any atom is -0.456 e. The van der Waals surface area contributed by atoms with Crippen molar-refractivity contribution in [1.29, 1.82) is 0 Å². The smallest absolute Gasteiger partial charge is 0.165 e. The molecule has 0 aliphatic rings. The topological polar surface area (TPSA) is 51.8 Å². The van der Waals surface area contributed by atoms with Crippen molar-refractivity contribution in [3.8, 4) is 67.5 Å². The maximum atomic E-state index is 6.54. The second kappa shape index (κ2) is 13.3. The first-order chi connectivity index (χ1) is 27.7. The average molecular weight is 734 g/mol. The zero-order valence-electron chi connectivity index (χ0n) is 30.1. The Kier molecular flexibility index (Phi) is 7.64. The third-order valence-electron chi connectivity index (χ3n) is 10.6. The van der Waals surface area contributed by atoms with Crippen LogP contribution in [0.15, 0.2) is 192 Å². The molecule has 0 N–H and O–H groups in total. The van der Waals surface area contributed by atoms with E-state index in [0.29, 0.717) is 17.5 Å². The van der Waals surface area contributed by atoms with E-state index >= 15 is 0 Å². The lowest BCUT2D eigenvalue weighted by Gasteiger charge is -2.10. The molecule has 0 spiro atoms. The van der Waals surface area contributed by atoms with Crippen molar-refractivity contribution < 1.29 is 4.42 Å². The number of hydrogen-bond acceptors (Lipinski definition) is 5. The Bertz CT molecular complexity index is 3170. The number of rotatable bonds is 6. The van der Waals surface area contributed by atoms with E-state index in [1.807, 2.05) is 66.7 Å². The van der Waals surface area contributed by atoms with Crippen LogP contribution < -0.4 is 0 Å². The predicted molar refractivity (Wildman–Crippen MR) is 233 cm³/mol. The van der Waals surface area contributed by atoms with E-state index in [4.69, 9.17) is 19.4 Å². The molecular formula is C51H31N3OS. The summed E-state index contributed by atoms with van der Waals surface area (Å²) in [5.74, 6) is 1.97. The molecule has 0 saturated heterocycles. The molecule has 4 nitrogen and oxygen atoms in total. The maximum Gasteiger partial charge on any atom is 0.165 e. The lowest BCUT2D eigenvalue weighted by molar-refractivity contribution is 0.669.